The number of esters is 1. The van der Waals surface area contributed by atoms with Gasteiger partial charge in [-0.25, -0.2) is 9.59 Å². The lowest BCUT2D eigenvalue weighted by molar-refractivity contribution is 0.00951. The number of hydrogen-bond donors (Lipinski definition) is 1. The number of aromatic carboxylic acids is 1. The number of benzene rings is 1. The van der Waals surface area contributed by atoms with E-state index < -0.39 is 11.9 Å². The Morgan fingerprint density at radius 3 is 2.39 bits per heavy atom. The van der Waals surface area contributed by atoms with E-state index in [2.05, 4.69) is 0 Å². The molecule has 1 unspecified atom stereocenters. The Morgan fingerprint density at radius 2 is 1.89 bits per heavy atom. The quantitative estimate of drug-likeness (QED) is 0.783. The zero-order chi connectivity index (χ0) is 13.5. The van der Waals surface area contributed by atoms with Crippen LogP contribution in [0.25, 0.3) is 0 Å². The maximum Gasteiger partial charge on any atom is 0.339 e. The van der Waals surface area contributed by atoms with Gasteiger partial charge in [0.15, 0.2) is 0 Å². The van der Waals surface area contributed by atoms with Crippen LogP contribution in [0.2, 0.25) is 0 Å². The second kappa shape index (κ2) is 6.76. The van der Waals surface area contributed by atoms with Crippen molar-refractivity contribution in [2.24, 2.45) is 0 Å². The van der Waals surface area contributed by atoms with Crippen molar-refractivity contribution in [3.63, 3.8) is 0 Å². The Bertz CT molecular complexity index is 423. The molecule has 0 heterocycles. The van der Waals surface area contributed by atoms with Gasteiger partial charge in [-0.05, 0) is 18.6 Å². The summed E-state index contributed by atoms with van der Waals surface area (Å²) in [6.45, 7) is 2.02. The second-order valence-electron chi connectivity index (χ2n) is 3.72. The Balaban J connectivity index is 2.75. The van der Waals surface area contributed by atoms with E-state index >= 15 is 0 Å². The monoisotopic (exact) mass is 252 g/mol. The molecule has 1 rings (SSSR count). The summed E-state index contributed by atoms with van der Waals surface area (Å²) in [7, 11) is 1.53. The highest BCUT2D eigenvalue weighted by Crippen LogP contribution is 2.11. The van der Waals surface area contributed by atoms with E-state index in [0.717, 1.165) is 0 Å². The van der Waals surface area contributed by atoms with Crippen molar-refractivity contribution in [3.05, 3.63) is 35.4 Å². The normalized spacial score (nSPS) is 11.9. The maximum atomic E-state index is 11.8. The van der Waals surface area contributed by atoms with Crippen LogP contribution >= 0.6 is 0 Å². The first kappa shape index (κ1) is 14.2. The van der Waals surface area contributed by atoms with Crippen LogP contribution in [-0.2, 0) is 9.47 Å². The Labute approximate surface area is 105 Å². The smallest absolute Gasteiger partial charge is 0.339 e. The highest BCUT2D eigenvalue weighted by molar-refractivity contribution is 6.02. The molecule has 0 amide bonds. The van der Waals surface area contributed by atoms with E-state index in [0.29, 0.717) is 6.42 Å². The predicted molar refractivity (Wildman–Crippen MR) is 64.8 cm³/mol. The van der Waals surface area contributed by atoms with Crippen molar-refractivity contribution in [2.45, 2.75) is 19.4 Å². The van der Waals surface area contributed by atoms with E-state index in [4.69, 9.17) is 14.6 Å². The maximum absolute atomic E-state index is 11.8. The molecule has 18 heavy (non-hydrogen) atoms. The molecule has 1 aromatic carbocycles. The number of carbonyl (C=O) groups excluding carboxylic acids is 1. The molecule has 1 aromatic rings. The van der Waals surface area contributed by atoms with Crippen molar-refractivity contribution in [1.82, 2.24) is 0 Å². The van der Waals surface area contributed by atoms with Crippen LogP contribution in [0.3, 0.4) is 0 Å². The molecule has 0 aliphatic rings. The van der Waals surface area contributed by atoms with Crippen LogP contribution in [0.1, 0.15) is 34.1 Å². The summed E-state index contributed by atoms with van der Waals surface area (Å²) in [5.41, 5.74) is -0.0103. The zero-order valence-corrected chi connectivity index (χ0v) is 10.4. The largest absolute Gasteiger partial charge is 0.478 e. The van der Waals surface area contributed by atoms with Crippen LogP contribution in [0.5, 0.6) is 0 Å². The van der Waals surface area contributed by atoms with Crippen LogP contribution in [-0.4, -0.2) is 36.9 Å². The third kappa shape index (κ3) is 3.56. The number of methoxy groups -OCH3 is 1. The second-order valence-corrected chi connectivity index (χ2v) is 3.72. The molecule has 5 heteroatoms. The molecule has 98 valence electrons. The third-order valence-corrected chi connectivity index (χ3v) is 2.57. The van der Waals surface area contributed by atoms with Gasteiger partial charge in [-0.2, -0.15) is 0 Å². The fraction of sp³-hybridized carbons (Fsp3) is 0.385. The van der Waals surface area contributed by atoms with Gasteiger partial charge in [-0.15, -0.1) is 0 Å². The van der Waals surface area contributed by atoms with Gasteiger partial charge < -0.3 is 14.6 Å². The van der Waals surface area contributed by atoms with Crippen molar-refractivity contribution >= 4 is 11.9 Å². The van der Waals surface area contributed by atoms with Gasteiger partial charge in [0.2, 0.25) is 0 Å². The first-order valence-corrected chi connectivity index (χ1v) is 5.62. The zero-order valence-electron chi connectivity index (χ0n) is 10.4. The fourth-order valence-electron chi connectivity index (χ4n) is 1.45. The predicted octanol–water partition coefficient (Wildman–Crippen LogP) is 1.97. The van der Waals surface area contributed by atoms with Gasteiger partial charge in [0.05, 0.1) is 17.2 Å². The van der Waals surface area contributed by atoms with Crippen LogP contribution in [0.4, 0.5) is 0 Å². The number of ether oxygens (including phenoxy) is 2. The molecule has 0 bridgehead atoms. The average Bonchev–Trinajstić information content (AvgIpc) is 2.39. The summed E-state index contributed by atoms with van der Waals surface area (Å²) >= 11 is 0. The van der Waals surface area contributed by atoms with E-state index in [-0.39, 0.29) is 23.8 Å². The Hall–Kier alpha value is -1.88. The van der Waals surface area contributed by atoms with Crippen LogP contribution < -0.4 is 0 Å². The standard InChI is InChI=1S/C13H16O5/c1-3-9(17-2)8-18-13(16)11-7-5-4-6-10(11)12(14)15/h4-7,9H,3,8H2,1-2H3,(H,14,15). The molecule has 0 aliphatic carbocycles. The highest BCUT2D eigenvalue weighted by Gasteiger charge is 2.18. The lowest BCUT2D eigenvalue weighted by Gasteiger charge is -2.13. The van der Waals surface area contributed by atoms with Crippen molar-refractivity contribution in [3.8, 4) is 0 Å². The average molecular weight is 252 g/mol. The van der Waals surface area contributed by atoms with Gasteiger partial charge >= 0.3 is 11.9 Å². The molecule has 0 saturated carbocycles. The molecule has 0 spiro atoms. The fourth-order valence-corrected chi connectivity index (χ4v) is 1.45. The van der Waals surface area contributed by atoms with Crippen LogP contribution in [0.15, 0.2) is 24.3 Å². The molecule has 0 aliphatic heterocycles. The van der Waals surface area contributed by atoms with Gasteiger partial charge in [0, 0.05) is 7.11 Å². The summed E-state index contributed by atoms with van der Waals surface area (Å²) in [6.07, 6.45) is 0.538. The molecule has 5 nitrogen and oxygen atoms in total. The van der Waals surface area contributed by atoms with Gasteiger partial charge in [-0.1, -0.05) is 19.1 Å². The van der Waals surface area contributed by atoms with Gasteiger partial charge in [0.1, 0.15) is 6.61 Å². The number of rotatable bonds is 6. The molecular formula is C13H16O5. The van der Waals surface area contributed by atoms with E-state index in [1.54, 1.807) is 12.1 Å². The van der Waals surface area contributed by atoms with E-state index in [1.165, 1.54) is 19.2 Å². The topological polar surface area (TPSA) is 72.8 Å². The number of carboxylic acids is 1. The van der Waals surface area contributed by atoms with Gasteiger partial charge in [0.25, 0.3) is 0 Å². The van der Waals surface area contributed by atoms with Gasteiger partial charge in [-0.3, -0.25) is 0 Å². The summed E-state index contributed by atoms with van der Waals surface area (Å²) in [6, 6.07) is 5.95. The summed E-state index contributed by atoms with van der Waals surface area (Å²) in [4.78, 5) is 22.7. The highest BCUT2D eigenvalue weighted by atomic mass is 16.6. The first-order valence-electron chi connectivity index (χ1n) is 5.62. The SMILES string of the molecule is CCC(COC(=O)c1ccccc1C(=O)O)OC. The summed E-state index contributed by atoms with van der Waals surface area (Å²) in [5.74, 6) is -1.80. The minimum Gasteiger partial charge on any atom is -0.478 e. The molecule has 0 radical (unpaired) electrons. The number of carboxylic acid groups (broad SMARTS) is 1. The Morgan fingerprint density at radius 1 is 1.28 bits per heavy atom. The molecule has 0 aromatic heterocycles. The van der Waals surface area contributed by atoms with Crippen molar-refractivity contribution in [2.75, 3.05) is 13.7 Å². The van der Waals surface area contributed by atoms with E-state index in [9.17, 15) is 9.59 Å². The summed E-state index contributed by atoms with van der Waals surface area (Å²) in [5, 5.41) is 8.95. The lowest BCUT2D eigenvalue weighted by atomic mass is 10.1. The van der Waals surface area contributed by atoms with E-state index in [1.807, 2.05) is 6.92 Å². The van der Waals surface area contributed by atoms with Crippen molar-refractivity contribution in [1.29, 1.82) is 0 Å². The molecule has 0 saturated heterocycles. The molecule has 0 fully saturated rings. The molecular weight excluding hydrogens is 236 g/mol. The third-order valence-electron chi connectivity index (χ3n) is 2.57. The molecule has 1 atom stereocenters. The first-order chi connectivity index (χ1) is 8.60. The summed E-state index contributed by atoms with van der Waals surface area (Å²) < 4.78 is 10.1. The molecule has 1 N–H and O–H groups in total. The lowest BCUT2D eigenvalue weighted by Crippen LogP contribution is -2.21. The Kier molecular flexibility index (Phi) is 5.32. The number of hydrogen-bond acceptors (Lipinski definition) is 4. The van der Waals surface area contributed by atoms with Crippen molar-refractivity contribution < 1.29 is 24.2 Å². The van der Waals surface area contributed by atoms with Crippen LogP contribution in [0, 0.1) is 0 Å². The minimum atomic E-state index is -1.15. The number of carbonyl (C=O) groups is 2. The minimum absolute atomic E-state index is 0.0518.